The normalized spacial score (nSPS) is 11.5. The number of carboxylic acids is 2. The molecule has 0 heterocycles. The van der Waals surface area contributed by atoms with E-state index in [0.717, 1.165) is 56.9 Å². The van der Waals surface area contributed by atoms with Crippen molar-refractivity contribution < 1.29 is 34.2 Å². The molecule has 0 unspecified atom stereocenters. The summed E-state index contributed by atoms with van der Waals surface area (Å²) in [4.78, 5) is 56.8. The fraction of sp³-hybridized carbons (Fsp3) is 0.621. The maximum Gasteiger partial charge on any atom is 0.326 e. The monoisotopic (exact) mass is 531 g/mol. The molecule has 1 atom stereocenters. The Morgan fingerprint density at radius 2 is 1.18 bits per heavy atom. The Morgan fingerprint density at radius 3 is 1.66 bits per heavy atom. The maximum absolute atomic E-state index is 12.2. The number of carboxylic acid groups (broad SMARTS) is 2. The van der Waals surface area contributed by atoms with E-state index in [9.17, 15) is 29.1 Å². The molecule has 1 aromatic carbocycles. The largest absolute Gasteiger partial charge is 0.481 e. The van der Waals surface area contributed by atoms with Crippen LogP contribution in [-0.2, 0) is 30.5 Å². The zero-order chi connectivity index (χ0) is 28.0. The lowest BCUT2D eigenvalue weighted by Crippen LogP contribution is -2.41. The third kappa shape index (κ3) is 17.3. The molecule has 1 rings (SSSR count). The zero-order valence-corrected chi connectivity index (χ0v) is 22.3. The van der Waals surface area contributed by atoms with Crippen LogP contribution in [0.15, 0.2) is 24.3 Å². The molecule has 0 bridgehead atoms. The van der Waals surface area contributed by atoms with Crippen LogP contribution in [0.3, 0.4) is 0 Å². The molecule has 0 spiro atoms. The fourth-order valence-corrected chi connectivity index (χ4v) is 4.11. The predicted molar refractivity (Wildman–Crippen MR) is 144 cm³/mol. The van der Waals surface area contributed by atoms with Crippen LogP contribution in [0, 0.1) is 0 Å². The van der Waals surface area contributed by atoms with E-state index in [2.05, 4.69) is 10.6 Å². The quantitative estimate of drug-likeness (QED) is 0.150. The summed E-state index contributed by atoms with van der Waals surface area (Å²) in [6, 6.07) is 5.51. The van der Waals surface area contributed by atoms with E-state index in [1.807, 2.05) is 0 Å². The van der Waals surface area contributed by atoms with Gasteiger partial charge in [-0.2, -0.15) is 0 Å². The summed E-state index contributed by atoms with van der Waals surface area (Å²) in [5.41, 5.74) is 1.23. The standard InChI is InChI=1S/C29H43N2O7/c32-22-24-17-15-23(16-18-24)21-30-26(33)20-19-25(29(37)38)31-27(34)13-11-9-7-5-3-1-2-4-6-8-10-12-14-28(35)36/h15-18,25H,1-14,19-21H2,(H,30,33)(H,31,34)(H,35,36)(H,37,38)/t25-/m0/s1. The van der Waals surface area contributed by atoms with E-state index in [0.29, 0.717) is 12.0 Å². The van der Waals surface area contributed by atoms with Crippen molar-refractivity contribution >= 4 is 30.0 Å². The minimum absolute atomic E-state index is 0.00822. The Balaban J connectivity index is 2.06. The minimum atomic E-state index is -1.16. The van der Waals surface area contributed by atoms with Gasteiger partial charge < -0.3 is 20.8 Å². The van der Waals surface area contributed by atoms with E-state index in [4.69, 9.17) is 5.11 Å². The fourth-order valence-electron chi connectivity index (χ4n) is 4.11. The van der Waals surface area contributed by atoms with Crippen molar-refractivity contribution in [3.63, 3.8) is 0 Å². The Bertz CT molecular complexity index is 855. The zero-order valence-electron chi connectivity index (χ0n) is 22.3. The maximum atomic E-state index is 12.2. The lowest BCUT2D eigenvalue weighted by Gasteiger charge is -2.14. The first-order valence-electron chi connectivity index (χ1n) is 13.8. The van der Waals surface area contributed by atoms with Crippen LogP contribution in [0.25, 0.3) is 0 Å². The average molecular weight is 532 g/mol. The van der Waals surface area contributed by atoms with Crippen molar-refractivity contribution in [1.29, 1.82) is 0 Å². The molecule has 211 valence electrons. The molecule has 9 heteroatoms. The summed E-state index contributed by atoms with van der Waals surface area (Å²) in [6.45, 7) is 0.262. The van der Waals surface area contributed by atoms with E-state index in [-0.39, 0.29) is 44.0 Å². The second kappa shape index (κ2) is 20.8. The van der Waals surface area contributed by atoms with Crippen LogP contribution in [-0.4, -0.2) is 46.3 Å². The van der Waals surface area contributed by atoms with Crippen LogP contribution in [0.1, 0.15) is 114 Å². The second-order valence-electron chi connectivity index (χ2n) is 9.71. The van der Waals surface area contributed by atoms with Gasteiger partial charge in [0.2, 0.25) is 18.1 Å². The van der Waals surface area contributed by atoms with Gasteiger partial charge in [0, 0.05) is 31.4 Å². The third-order valence-corrected chi connectivity index (χ3v) is 6.40. The number of carbonyl (C=O) groups excluding carboxylic acids is 3. The highest BCUT2D eigenvalue weighted by molar-refractivity contribution is 5.84. The van der Waals surface area contributed by atoms with Crippen LogP contribution in [0.5, 0.6) is 0 Å². The van der Waals surface area contributed by atoms with Gasteiger partial charge in [0.15, 0.2) is 0 Å². The molecule has 0 aromatic heterocycles. The molecule has 38 heavy (non-hydrogen) atoms. The van der Waals surface area contributed by atoms with Crippen molar-refractivity contribution in [2.45, 2.75) is 115 Å². The van der Waals surface area contributed by atoms with Crippen LogP contribution < -0.4 is 10.6 Å². The lowest BCUT2D eigenvalue weighted by molar-refractivity contribution is -0.142. The van der Waals surface area contributed by atoms with Crippen LogP contribution >= 0.6 is 0 Å². The van der Waals surface area contributed by atoms with E-state index < -0.39 is 18.0 Å². The molecule has 9 nitrogen and oxygen atoms in total. The summed E-state index contributed by atoms with van der Waals surface area (Å²) in [5.74, 6) is -2.50. The summed E-state index contributed by atoms with van der Waals surface area (Å²) in [5, 5.41) is 23.2. The first-order chi connectivity index (χ1) is 18.3. The van der Waals surface area contributed by atoms with Crippen LogP contribution in [0.4, 0.5) is 0 Å². The van der Waals surface area contributed by atoms with E-state index in [1.165, 1.54) is 19.3 Å². The van der Waals surface area contributed by atoms with Gasteiger partial charge in [0.1, 0.15) is 6.04 Å². The van der Waals surface area contributed by atoms with Crippen molar-refractivity contribution in [2.75, 3.05) is 0 Å². The molecule has 0 aliphatic carbocycles. The molecule has 0 aliphatic heterocycles. The first-order valence-corrected chi connectivity index (χ1v) is 13.8. The third-order valence-electron chi connectivity index (χ3n) is 6.40. The molecular weight excluding hydrogens is 488 g/mol. The second-order valence-corrected chi connectivity index (χ2v) is 9.71. The van der Waals surface area contributed by atoms with Gasteiger partial charge in [0.25, 0.3) is 0 Å². The highest BCUT2D eigenvalue weighted by Gasteiger charge is 2.20. The number of hydrogen-bond acceptors (Lipinski definition) is 5. The number of hydrogen-bond donors (Lipinski definition) is 4. The summed E-state index contributed by atoms with van der Waals surface area (Å²) in [6.07, 6.45) is 14.8. The highest BCUT2D eigenvalue weighted by atomic mass is 16.4. The van der Waals surface area contributed by atoms with Gasteiger partial charge in [-0.05, 0) is 24.8 Å². The molecule has 4 N–H and O–H groups in total. The van der Waals surface area contributed by atoms with Crippen LogP contribution in [0.2, 0.25) is 0 Å². The average Bonchev–Trinajstić information content (AvgIpc) is 2.89. The topological polar surface area (TPSA) is 150 Å². The minimum Gasteiger partial charge on any atom is -0.481 e. The predicted octanol–water partition coefficient (Wildman–Crippen LogP) is 4.66. The molecule has 0 fully saturated rings. The summed E-state index contributed by atoms with van der Waals surface area (Å²) in [7, 11) is 0. The number of unbranched alkanes of at least 4 members (excludes halogenated alkanes) is 11. The first kappa shape index (κ1) is 32.8. The number of aliphatic carboxylic acids is 2. The van der Waals surface area contributed by atoms with Gasteiger partial charge >= 0.3 is 11.9 Å². The Hall–Kier alpha value is -3.23. The Morgan fingerprint density at radius 1 is 0.684 bits per heavy atom. The van der Waals surface area contributed by atoms with Crippen molar-refractivity contribution in [3.05, 3.63) is 35.4 Å². The SMILES string of the molecule is O=[C]c1ccc(CNC(=O)CC[C@H](NC(=O)CCCCCCCCCCCCCCC(=O)O)C(=O)O)cc1. The van der Waals surface area contributed by atoms with Crippen molar-refractivity contribution in [2.24, 2.45) is 0 Å². The van der Waals surface area contributed by atoms with Crippen molar-refractivity contribution in [1.82, 2.24) is 10.6 Å². The van der Waals surface area contributed by atoms with E-state index >= 15 is 0 Å². The van der Waals surface area contributed by atoms with Gasteiger partial charge in [-0.15, -0.1) is 0 Å². The Kier molecular flexibility index (Phi) is 17.9. The number of nitrogens with one attached hydrogen (secondary N) is 2. The molecule has 0 aliphatic rings. The number of rotatable bonds is 23. The summed E-state index contributed by atoms with van der Waals surface area (Å²) >= 11 is 0. The van der Waals surface area contributed by atoms with E-state index in [1.54, 1.807) is 30.6 Å². The Labute approximate surface area is 225 Å². The van der Waals surface area contributed by atoms with Gasteiger partial charge in [0.05, 0.1) is 0 Å². The number of amides is 2. The van der Waals surface area contributed by atoms with Gasteiger partial charge in [-0.25, -0.2) is 4.79 Å². The molecule has 1 aromatic rings. The van der Waals surface area contributed by atoms with Gasteiger partial charge in [-0.1, -0.05) is 88.5 Å². The van der Waals surface area contributed by atoms with Crippen molar-refractivity contribution in [3.8, 4) is 0 Å². The highest BCUT2D eigenvalue weighted by Crippen LogP contribution is 2.13. The molecule has 2 amide bonds. The molecular formula is C29H43N2O7. The van der Waals surface area contributed by atoms with Gasteiger partial charge in [-0.3, -0.25) is 19.2 Å². The number of carbonyl (C=O) groups is 4. The molecule has 0 saturated heterocycles. The number of benzene rings is 1. The lowest BCUT2D eigenvalue weighted by atomic mass is 10.0. The molecule has 0 saturated carbocycles. The molecule has 1 radical (unpaired) electrons. The summed E-state index contributed by atoms with van der Waals surface area (Å²) < 4.78 is 0. The smallest absolute Gasteiger partial charge is 0.326 e.